The maximum Gasteiger partial charge on any atom is 0.282 e. The van der Waals surface area contributed by atoms with Gasteiger partial charge in [-0.1, -0.05) is 12.1 Å². The molecular formula is C15H15F4N3O. The van der Waals surface area contributed by atoms with Crippen molar-refractivity contribution in [1.29, 1.82) is 0 Å². The fourth-order valence-corrected chi connectivity index (χ4v) is 2.06. The van der Waals surface area contributed by atoms with Gasteiger partial charge in [0.05, 0.1) is 0 Å². The maximum atomic E-state index is 12.9. The second-order valence-corrected chi connectivity index (χ2v) is 5.12. The molecule has 0 saturated carbocycles. The van der Waals surface area contributed by atoms with Crippen LogP contribution < -0.4 is 5.32 Å². The van der Waals surface area contributed by atoms with Gasteiger partial charge in [0, 0.05) is 5.69 Å². The first-order valence-corrected chi connectivity index (χ1v) is 6.79. The van der Waals surface area contributed by atoms with E-state index in [1.54, 1.807) is 19.1 Å². The Morgan fingerprint density at radius 1 is 1.17 bits per heavy atom. The molecule has 1 heterocycles. The number of hydrogen-bond donors (Lipinski definition) is 1. The number of alkyl halides is 4. The minimum atomic E-state index is -3.00. The zero-order chi connectivity index (χ0) is 17.1. The average molecular weight is 329 g/mol. The van der Waals surface area contributed by atoms with Crippen LogP contribution in [0.25, 0.3) is 0 Å². The van der Waals surface area contributed by atoms with E-state index in [-0.39, 0.29) is 0 Å². The molecule has 4 nitrogen and oxygen atoms in total. The zero-order valence-electron chi connectivity index (χ0n) is 12.5. The molecule has 0 saturated heterocycles. The molecule has 2 rings (SSSR count). The summed E-state index contributed by atoms with van der Waals surface area (Å²) in [6.07, 6.45) is -5.97. The first-order chi connectivity index (χ1) is 10.8. The van der Waals surface area contributed by atoms with Crippen LogP contribution >= 0.6 is 0 Å². The molecule has 124 valence electrons. The highest BCUT2D eigenvalue weighted by atomic mass is 19.3. The quantitative estimate of drug-likeness (QED) is 0.843. The number of benzene rings is 1. The number of carbonyl (C=O) groups excluding carboxylic acids is 1. The molecule has 1 aromatic heterocycles. The second kappa shape index (κ2) is 6.80. The number of anilines is 1. The average Bonchev–Trinajstić information content (AvgIpc) is 2.87. The lowest BCUT2D eigenvalue weighted by Crippen LogP contribution is -2.21. The summed E-state index contributed by atoms with van der Waals surface area (Å²) in [4.78, 5) is 12.0. The highest BCUT2D eigenvalue weighted by Crippen LogP contribution is 2.25. The smallest absolute Gasteiger partial charge is 0.282 e. The van der Waals surface area contributed by atoms with E-state index in [4.69, 9.17) is 0 Å². The van der Waals surface area contributed by atoms with Gasteiger partial charge in [-0.2, -0.15) is 5.10 Å². The lowest BCUT2D eigenvalue weighted by atomic mass is 10.1. The molecule has 0 fully saturated rings. The van der Waals surface area contributed by atoms with Gasteiger partial charge in [0.25, 0.3) is 12.9 Å². The third-order valence-corrected chi connectivity index (χ3v) is 3.24. The molecular weight excluding hydrogens is 314 g/mol. The molecule has 1 aromatic carbocycles. The Morgan fingerprint density at radius 3 is 2.48 bits per heavy atom. The van der Waals surface area contributed by atoms with Gasteiger partial charge in [-0.05, 0) is 37.1 Å². The van der Waals surface area contributed by atoms with E-state index in [0.717, 1.165) is 11.1 Å². The van der Waals surface area contributed by atoms with E-state index >= 15 is 0 Å². The summed E-state index contributed by atoms with van der Waals surface area (Å²) < 4.78 is 51.5. The number of aryl methyl sites for hydroxylation is 2. The number of carbonyl (C=O) groups is 1. The number of nitrogens with zero attached hydrogens (tertiary/aromatic N) is 2. The Balaban J connectivity index is 2.18. The van der Waals surface area contributed by atoms with Crippen LogP contribution in [0.2, 0.25) is 0 Å². The van der Waals surface area contributed by atoms with Crippen molar-refractivity contribution in [3.63, 3.8) is 0 Å². The van der Waals surface area contributed by atoms with Gasteiger partial charge in [-0.25, -0.2) is 17.6 Å². The Kier molecular flexibility index (Phi) is 5.02. The van der Waals surface area contributed by atoms with Crippen LogP contribution in [-0.4, -0.2) is 15.7 Å². The van der Waals surface area contributed by atoms with Crippen LogP contribution in [0.15, 0.2) is 24.3 Å². The molecule has 1 N–H and O–H groups in total. The molecule has 0 radical (unpaired) electrons. The summed E-state index contributed by atoms with van der Waals surface area (Å²) >= 11 is 0. The summed E-state index contributed by atoms with van der Waals surface area (Å²) in [7, 11) is 0. The summed E-state index contributed by atoms with van der Waals surface area (Å²) in [5, 5.41) is 5.95. The predicted molar refractivity (Wildman–Crippen MR) is 76.7 cm³/mol. The van der Waals surface area contributed by atoms with Crippen LogP contribution in [0, 0.1) is 13.8 Å². The monoisotopic (exact) mass is 329 g/mol. The van der Waals surface area contributed by atoms with Crippen LogP contribution in [0.4, 0.5) is 23.2 Å². The molecule has 0 aliphatic rings. The van der Waals surface area contributed by atoms with Gasteiger partial charge in [0.1, 0.15) is 17.9 Å². The highest BCUT2D eigenvalue weighted by Gasteiger charge is 2.22. The van der Waals surface area contributed by atoms with Crippen LogP contribution in [0.5, 0.6) is 0 Å². The van der Waals surface area contributed by atoms with E-state index in [1.165, 1.54) is 0 Å². The van der Waals surface area contributed by atoms with Crippen molar-refractivity contribution in [2.75, 3.05) is 5.32 Å². The Hall–Kier alpha value is -2.38. The summed E-state index contributed by atoms with van der Waals surface area (Å²) in [6, 6.07) is 6.01. The number of aromatic nitrogens is 2. The normalized spacial score (nSPS) is 11.3. The van der Waals surface area contributed by atoms with Crippen molar-refractivity contribution < 1.29 is 22.4 Å². The molecule has 1 amide bonds. The molecule has 0 bridgehead atoms. The minimum absolute atomic E-state index is 0.537. The van der Waals surface area contributed by atoms with Crippen molar-refractivity contribution in [1.82, 2.24) is 9.78 Å². The third kappa shape index (κ3) is 4.08. The Morgan fingerprint density at radius 2 is 1.87 bits per heavy atom. The largest absolute Gasteiger partial charge is 0.324 e. The van der Waals surface area contributed by atoms with E-state index in [0.29, 0.717) is 16.4 Å². The van der Waals surface area contributed by atoms with Gasteiger partial charge in [0.15, 0.2) is 0 Å². The van der Waals surface area contributed by atoms with Crippen molar-refractivity contribution in [2.24, 2.45) is 0 Å². The van der Waals surface area contributed by atoms with Crippen molar-refractivity contribution >= 4 is 11.6 Å². The van der Waals surface area contributed by atoms with Crippen LogP contribution in [0.1, 0.15) is 35.4 Å². The van der Waals surface area contributed by atoms with Gasteiger partial charge < -0.3 is 5.32 Å². The van der Waals surface area contributed by atoms with Gasteiger partial charge in [-0.15, -0.1) is 0 Å². The maximum absolute atomic E-state index is 12.9. The van der Waals surface area contributed by atoms with Gasteiger partial charge >= 0.3 is 0 Å². The fourth-order valence-electron chi connectivity index (χ4n) is 2.06. The van der Waals surface area contributed by atoms with Crippen molar-refractivity contribution in [3.8, 4) is 0 Å². The van der Waals surface area contributed by atoms with Crippen LogP contribution in [0.3, 0.4) is 0 Å². The molecule has 0 unspecified atom stereocenters. The first kappa shape index (κ1) is 17.0. The van der Waals surface area contributed by atoms with Crippen molar-refractivity contribution in [3.05, 3.63) is 46.8 Å². The van der Waals surface area contributed by atoms with Gasteiger partial charge in [-0.3, -0.25) is 9.48 Å². The third-order valence-electron chi connectivity index (χ3n) is 3.24. The van der Waals surface area contributed by atoms with Crippen LogP contribution in [-0.2, 0) is 11.3 Å². The standard InChI is InChI=1S/C15H15F4N3O/c1-8-3-4-9(2)10(5-8)20-13(23)7-22-12(15(18)19)6-11(21-22)14(16)17/h3-6,14-15H,7H2,1-2H3,(H,20,23). The summed E-state index contributed by atoms with van der Waals surface area (Å²) in [5.74, 6) is -0.621. The molecule has 8 heteroatoms. The number of hydrogen-bond acceptors (Lipinski definition) is 2. The molecule has 0 aliphatic heterocycles. The number of amides is 1. The SMILES string of the molecule is Cc1ccc(C)c(NC(=O)Cn2nc(C(F)F)cc2C(F)F)c1. The minimum Gasteiger partial charge on any atom is -0.324 e. The van der Waals surface area contributed by atoms with Crippen molar-refractivity contribution in [2.45, 2.75) is 33.2 Å². The highest BCUT2D eigenvalue weighted by molar-refractivity contribution is 5.91. The zero-order valence-corrected chi connectivity index (χ0v) is 12.5. The van der Waals surface area contributed by atoms with E-state index in [1.807, 2.05) is 13.0 Å². The summed E-state index contributed by atoms with van der Waals surface area (Å²) in [5.41, 5.74) is 0.760. The lowest BCUT2D eigenvalue weighted by Gasteiger charge is -2.10. The Labute approximate surface area is 130 Å². The van der Waals surface area contributed by atoms with Gasteiger partial charge in [0.2, 0.25) is 5.91 Å². The molecule has 23 heavy (non-hydrogen) atoms. The molecule has 0 atom stereocenters. The predicted octanol–water partition coefficient (Wildman–Crippen LogP) is 4.01. The van der Waals surface area contributed by atoms with E-state index in [2.05, 4.69) is 10.4 Å². The summed E-state index contributed by atoms with van der Waals surface area (Å²) in [6.45, 7) is 3.05. The topological polar surface area (TPSA) is 46.9 Å². The Bertz CT molecular complexity index is 713. The molecule has 0 aliphatic carbocycles. The molecule has 0 spiro atoms. The molecule has 2 aromatic rings. The van der Waals surface area contributed by atoms with E-state index < -0.39 is 36.7 Å². The number of rotatable bonds is 5. The first-order valence-electron chi connectivity index (χ1n) is 6.79. The number of halogens is 4. The lowest BCUT2D eigenvalue weighted by molar-refractivity contribution is -0.117. The second-order valence-electron chi connectivity index (χ2n) is 5.12. The number of nitrogens with one attached hydrogen (secondary N) is 1. The fraction of sp³-hybridized carbons (Fsp3) is 0.333. The van der Waals surface area contributed by atoms with E-state index in [9.17, 15) is 22.4 Å².